The molecule has 3 N–H and O–H groups in total. The molecule has 0 heterocycles. The highest BCUT2D eigenvalue weighted by Crippen LogP contribution is 2.18. The zero-order chi connectivity index (χ0) is 17.5. The Labute approximate surface area is 144 Å². The van der Waals surface area contributed by atoms with Crippen molar-refractivity contribution in [1.82, 2.24) is 0 Å². The number of hydrogen-bond acceptors (Lipinski definition) is 3. The molecule has 6 nitrogen and oxygen atoms in total. The fraction of sp³-hybridized carbons (Fsp3) is 0.176. The molecule has 2 amide bonds. The van der Waals surface area contributed by atoms with Crippen LogP contribution >= 0.6 is 11.6 Å². The number of nitrogens with two attached hydrogens (primary N) is 1. The summed E-state index contributed by atoms with van der Waals surface area (Å²) in [7, 11) is 0. The van der Waals surface area contributed by atoms with Gasteiger partial charge in [-0.15, -0.1) is 0 Å². The van der Waals surface area contributed by atoms with Crippen molar-refractivity contribution in [2.45, 2.75) is 6.42 Å². The maximum Gasteiger partial charge on any atom is 0.335 e. The Morgan fingerprint density at radius 2 is 1.71 bits per heavy atom. The van der Waals surface area contributed by atoms with Crippen molar-refractivity contribution in [3.8, 4) is 5.75 Å². The average molecular weight is 349 g/mol. The van der Waals surface area contributed by atoms with E-state index >= 15 is 0 Å². The summed E-state index contributed by atoms with van der Waals surface area (Å²) < 4.78 is 5.53. The molecule has 24 heavy (non-hydrogen) atoms. The van der Waals surface area contributed by atoms with E-state index in [4.69, 9.17) is 27.2 Å². The lowest BCUT2D eigenvalue weighted by molar-refractivity contribution is 0.0697. The molecule has 7 heteroatoms. The van der Waals surface area contributed by atoms with Crippen molar-refractivity contribution < 1.29 is 19.4 Å². The minimum Gasteiger partial charge on any atom is -0.494 e. The number of anilines is 1. The molecule has 0 aliphatic rings. The predicted molar refractivity (Wildman–Crippen MR) is 91.9 cm³/mol. The van der Waals surface area contributed by atoms with Gasteiger partial charge in [-0.2, -0.15) is 0 Å². The van der Waals surface area contributed by atoms with Crippen LogP contribution in [0.1, 0.15) is 16.8 Å². The van der Waals surface area contributed by atoms with Gasteiger partial charge < -0.3 is 15.6 Å². The standard InChI is InChI=1S/C17H17ClN2O4/c18-13-4-6-14(7-5-13)20(17(19)23)10-1-11-24-15-8-2-12(3-9-15)16(21)22/h2-9H,1,10-11H2,(H2,19,23)(H,21,22). The first-order valence-corrected chi connectivity index (χ1v) is 7.64. The van der Waals surface area contributed by atoms with Gasteiger partial charge in [0.25, 0.3) is 0 Å². The molecule has 0 saturated carbocycles. The van der Waals surface area contributed by atoms with E-state index in [1.165, 1.54) is 17.0 Å². The number of hydrogen-bond donors (Lipinski definition) is 2. The third-order valence-corrected chi connectivity index (χ3v) is 3.55. The van der Waals surface area contributed by atoms with Crippen molar-refractivity contribution >= 4 is 29.3 Å². The van der Waals surface area contributed by atoms with Gasteiger partial charge in [0.1, 0.15) is 5.75 Å². The van der Waals surface area contributed by atoms with Gasteiger partial charge in [0, 0.05) is 17.3 Å². The Kier molecular flexibility index (Phi) is 6.03. The lowest BCUT2D eigenvalue weighted by atomic mass is 10.2. The monoisotopic (exact) mass is 348 g/mol. The summed E-state index contributed by atoms with van der Waals surface area (Å²) in [6.07, 6.45) is 0.562. The molecule has 2 rings (SSSR count). The molecule has 2 aromatic carbocycles. The number of benzene rings is 2. The Balaban J connectivity index is 1.85. The number of carboxylic acid groups (broad SMARTS) is 1. The van der Waals surface area contributed by atoms with Crippen LogP contribution in [0.5, 0.6) is 5.75 Å². The number of rotatable bonds is 7. The zero-order valence-electron chi connectivity index (χ0n) is 12.8. The lowest BCUT2D eigenvalue weighted by Crippen LogP contribution is -2.37. The van der Waals surface area contributed by atoms with Crippen LogP contribution in [-0.4, -0.2) is 30.3 Å². The highest BCUT2D eigenvalue weighted by atomic mass is 35.5. The minimum absolute atomic E-state index is 0.199. The predicted octanol–water partition coefficient (Wildman–Crippen LogP) is 3.39. The zero-order valence-corrected chi connectivity index (χ0v) is 13.6. The first-order chi connectivity index (χ1) is 11.5. The maximum atomic E-state index is 11.6. The Morgan fingerprint density at radius 3 is 2.25 bits per heavy atom. The van der Waals surface area contributed by atoms with Crippen molar-refractivity contribution in [3.63, 3.8) is 0 Å². The van der Waals surface area contributed by atoms with Gasteiger partial charge >= 0.3 is 12.0 Å². The van der Waals surface area contributed by atoms with Crippen LogP contribution in [0.2, 0.25) is 5.02 Å². The fourth-order valence-electron chi connectivity index (χ4n) is 2.09. The van der Waals surface area contributed by atoms with Gasteiger partial charge in [-0.05, 0) is 55.0 Å². The molecule has 0 spiro atoms. The fourth-order valence-corrected chi connectivity index (χ4v) is 2.22. The number of aromatic carboxylic acids is 1. The van der Waals surface area contributed by atoms with Crippen molar-refractivity contribution in [2.24, 2.45) is 5.73 Å². The van der Waals surface area contributed by atoms with Gasteiger partial charge in [-0.3, -0.25) is 4.90 Å². The topological polar surface area (TPSA) is 92.9 Å². The van der Waals surface area contributed by atoms with Gasteiger partial charge in [0.15, 0.2) is 0 Å². The van der Waals surface area contributed by atoms with E-state index in [0.29, 0.717) is 36.0 Å². The second-order valence-corrected chi connectivity index (χ2v) is 5.43. The molecule has 0 atom stereocenters. The van der Waals surface area contributed by atoms with Crippen LogP contribution in [0.4, 0.5) is 10.5 Å². The molecular formula is C17H17ClN2O4. The normalized spacial score (nSPS) is 10.2. The van der Waals surface area contributed by atoms with Crippen LogP contribution in [0.25, 0.3) is 0 Å². The molecule has 0 radical (unpaired) electrons. The Morgan fingerprint density at radius 1 is 1.08 bits per heavy atom. The first-order valence-electron chi connectivity index (χ1n) is 7.26. The van der Waals surface area contributed by atoms with Crippen molar-refractivity contribution in [3.05, 3.63) is 59.1 Å². The number of carbonyl (C=O) groups excluding carboxylic acids is 1. The van der Waals surface area contributed by atoms with Gasteiger partial charge in [-0.25, -0.2) is 9.59 Å². The maximum absolute atomic E-state index is 11.6. The smallest absolute Gasteiger partial charge is 0.335 e. The molecule has 0 aliphatic heterocycles. The van der Waals surface area contributed by atoms with Crippen LogP contribution in [-0.2, 0) is 0 Å². The molecule has 0 aliphatic carbocycles. The molecule has 0 saturated heterocycles. The third kappa shape index (κ3) is 4.89. The van der Waals surface area contributed by atoms with E-state index in [1.807, 2.05) is 0 Å². The van der Waals surface area contributed by atoms with Crippen LogP contribution in [0, 0.1) is 0 Å². The highest BCUT2D eigenvalue weighted by Gasteiger charge is 2.12. The minimum atomic E-state index is -0.985. The number of carbonyl (C=O) groups is 2. The molecule has 0 unspecified atom stereocenters. The summed E-state index contributed by atoms with van der Waals surface area (Å²) in [5.74, 6) is -0.418. The molecule has 2 aromatic rings. The first kappa shape index (κ1) is 17.6. The second kappa shape index (κ2) is 8.21. The number of amides is 2. The van der Waals surface area contributed by atoms with E-state index in [-0.39, 0.29) is 5.56 Å². The molecular weight excluding hydrogens is 332 g/mol. The quantitative estimate of drug-likeness (QED) is 0.750. The number of ether oxygens (including phenoxy) is 1. The van der Waals surface area contributed by atoms with E-state index in [9.17, 15) is 9.59 Å². The molecule has 0 fully saturated rings. The number of carboxylic acids is 1. The average Bonchev–Trinajstić information content (AvgIpc) is 2.56. The van der Waals surface area contributed by atoms with E-state index in [1.54, 1.807) is 36.4 Å². The number of halogens is 1. The lowest BCUT2D eigenvalue weighted by Gasteiger charge is -2.20. The molecule has 0 bridgehead atoms. The van der Waals surface area contributed by atoms with E-state index in [2.05, 4.69) is 0 Å². The number of urea groups is 1. The SMILES string of the molecule is NC(=O)N(CCCOc1ccc(C(=O)O)cc1)c1ccc(Cl)cc1. The summed E-state index contributed by atoms with van der Waals surface area (Å²) in [6.45, 7) is 0.758. The van der Waals surface area contributed by atoms with Gasteiger partial charge in [0.05, 0.1) is 12.2 Å². The summed E-state index contributed by atoms with van der Waals surface area (Å²) in [4.78, 5) is 23.8. The number of nitrogens with zero attached hydrogens (tertiary/aromatic N) is 1. The van der Waals surface area contributed by atoms with E-state index < -0.39 is 12.0 Å². The molecule has 0 aromatic heterocycles. The summed E-state index contributed by atoms with van der Waals surface area (Å²) in [5.41, 5.74) is 6.27. The number of primary amides is 1. The summed E-state index contributed by atoms with van der Waals surface area (Å²) >= 11 is 5.83. The molecule has 126 valence electrons. The summed E-state index contributed by atoms with van der Waals surface area (Å²) in [5, 5.41) is 9.41. The van der Waals surface area contributed by atoms with Crippen molar-refractivity contribution in [1.29, 1.82) is 0 Å². The van der Waals surface area contributed by atoms with Gasteiger partial charge in [0.2, 0.25) is 0 Å². The van der Waals surface area contributed by atoms with Crippen molar-refractivity contribution in [2.75, 3.05) is 18.1 Å². The Hall–Kier alpha value is -2.73. The van der Waals surface area contributed by atoms with Gasteiger partial charge in [-0.1, -0.05) is 11.6 Å². The van der Waals surface area contributed by atoms with E-state index in [0.717, 1.165) is 0 Å². The second-order valence-electron chi connectivity index (χ2n) is 5.00. The largest absolute Gasteiger partial charge is 0.494 e. The Bertz CT molecular complexity index is 702. The summed E-state index contributed by atoms with van der Waals surface area (Å²) in [6, 6.07) is 12.4. The van der Waals surface area contributed by atoms with Crippen LogP contribution in [0.15, 0.2) is 48.5 Å². The third-order valence-electron chi connectivity index (χ3n) is 3.30. The van der Waals surface area contributed by atoms with Crippen LogP contribution < -0.4 is 15.4 Å². The van der Waals surface area contributed by atoms with Crippen LogP contribution in [0.3, 0.4) is 0 Å². The highest BCUT2D eigenvalue weighted by molar-refractivity contribution is 6.30.